The highest BCUT2D eigenvalue weighted by Crippen LogP contribution is 2.22. The number of nitrogens with zero attached hydrogens (tertiary/aromatic N) is 5. The zero-order chi connectivity index (χ0) is 18.8. The van der Waals surface area contributed by atoms with E-state index in [0.717, 1.165) is 17.1 Å². The summed E-state index contributed by atoms with van der Waals surface area (Å²) in [7, 11) is 0. The second-order valence-corrected chi connectivity index (χ2v) is 6.55. The average Bonchev–Trinajstić information content (AvgIpc) is 3.12. The molecule has 0 saturated carbocycles. The highest BCUT2D eigenvalue weighted by Gasteiger charge is 2.14. The number of anilines is 1. The van der Waals surface area contributed by atoms with Crippen LogP contribution in [0.2, 0.25) is 0 Å². The van der Waals surface area contributed by atoms with Gasteiger partial charge in [0.05, 0.1) is 5.69 Å². The summed E-state index contributed by atoms with van der Waals surface area (Å²) in [5, 5.41) is 7.83. The van der Waals surface area contributed by atoms with Crippen LogP contribution in [0.1, 0.15) is 31.0 Å². The summed E-state index contributed by atoms with van der Waals surface area (Å²) in [6, 6.07) is 12.4. The Morgan fingerprint density at radius 2 is 1.96 bits per heavy atom. The first-order chi connectivity index (χ1) is 13.1. The molecular weight excluding hydrogens is 343 g/mol. The summed E-state index contributed by atoms with van der Waals surface area (Å²) in [5.41, 5.74) is 2.29. The van der Waals surface area contributed by atoms with Gasteiger partial charge in [-0.15, -0.1) is 5.10 Å². The number of hydrogen-bond donors (Lipinski definition) is 1. The van der Waals surface area contributed by atoms with Crippen molar-refractivity contribution < 1.29 is 4.39 Å². The average molecular weight is 362 g/mol. The predicted octanol–water partition coefficient (Wildman–Crippen LogP) is 4.06. The summed E-state index contributed by atoms with van der Waals surface area (Å²) in [6.45, 7) is 4.47. The number of hydrogen-bond acceptors (Lipinski definition) is 5. The van der Waals surface area contributed by atoms with E-state index in [2.05, 4.69) is 39.2 Å². The standard InChI is InChI=1S/C20H19FN6/c1-13(2)17-10-18(23-12-14-6-3-4-8-16(14)21)27-20(24-17)25-19(26-27)15-7-5-9-22-11-15/h3-11,13,23H,12H2,1-2H3. The minimum absolute atomic E-state index is 0.225. The topological polar surface area (TPSA) is 68.0 Å². The van der Waals surface area contributed by atoms with Crippen LogP contribution in [0.3, 0.4) is 0 Å². The lowest BCUT2D eigenvalue weighted by Crippen LogP contribution is -2.09. The van der Waals surface area contributed by atoms with E-state index < -0.39 is 0 Å². The van der Waals surface area contributed by atoms with E-state index in [-0.39, 0.29) is 11.7 Å². The van der Waals surface area contributed by atoms with Crippen LogP contribution in [0.5, 0.6) is 0 Å². The Morgan fingerprint density at radius 3 is 2.70 bits per heavy atom. The summed E-state index contributed by atoms with van der Waals surface area (Å²) in [5.74, 6) is 1.74. The van der Waals surface area contributed by atoms with Crippen molar-refractivity contribution in [2.45, 2.75) is 26.3 Å². The van der Waals surface area contributed by atoms with Gasteiger partial charge in [0.15, 0.2) is 5.82 Å². The molecule has 0 radical (unpaired) electrons. The molecule has 0 fully saturated rings. The Hall–Kier alpha value is -3.35. The van der Waals surface area contributed by atoms with E-state index in [9.17, 15) is 4.39 Å². The van der Waals surface area contributed by atoms with Gasteiger partial charge in [-0.05, 0) is 24.1 Å². The molecule has 4 aromatic rings. The Morgan fingerprint density at radius 1 is 1.11 bits per heavy atom. The number of rotatable bonds is 5. The van der Waals surface area contributed by atoms with Gasteiger partial charge < -0.3 is 5.32 Å². The molecule has 0 spiro atoms. The third-order valence-electron chi connectivity index (χ3n) is 4.26. The van der Waals surface area contributed by atoms with Crippen LogP contribution in [0.15, 0.2) is 54.9 Å². The molecule has 0 aliphatic rings. The minimum Gasteiger partial charge on any atom is -0.366 e. The highest BCUT2D eigenvalue weighted by molar-refractivity contribution is 5.57. The van der Waals surface area contributed by atoms with Crippen LogP contribution in [0, 0.1) is 5.82 Å². The molecule has 0 unspecified atom stereocenters. The Balaban J connectivity index is 1.75. The van der Waals surface area contributed by atoms with E-state index in [4.69, 9.17) is 0 Å². The molecule has 0 aliphatic heterocycles. The molecular formula is C20H19FN6. The van der Waals surface area contributed by atoms with Gasteiger partial charge in [-0.2, -0.15) is 9.50 Å². The molecule has 0 atom stereocenters. The Labute approximate surface area is 156 Å². The van der Waals surface area contributed by atoms with Gasteiger partial charge in [-0.1, -0.05) is 32.0 Å². The maximum absolute atomic E-state index is 13.9. The molecule has 0 aliphatic carbocycles. The number of halogens is 1. The highest BCUT2D eigenvalue weighted by atomic mass is 19.1. The Bertz CT molecular complexity index is 1070. The minimum atomic E-state index is -0.242. The fraction of sp³-hybridized carbons (Fsp3) is 0.200. The third-order valence-corrected chi connectivity index (χ3v) is 4.26. The quantitative estimate of drug-likeness (QED) is 0.580. The predicted molar refractivity (Wildman–Crippen MR) is 102 cm³/mol. The lowest BCUT2D eigenvalue weighted by molar-refractivity contribution is 0.612. The number of nitrogens with one attached hydrogen (secondary N) is 1. The lowest BCUT2D eigenvalue weighted by Gasteiger charge is -2.11. The van der Waals surface area contributed by atoms with Crippen LogP contribution >= 0.6 is 0 Å². The van der Waals surface area contributed by atoms with E-state index in [1.807, 2.05) is 24.3 Å². The van der Waals surface area contributed by atoms with Gasteiger partial charge in [0, 0.05) is 36.1 Å². The zero-order valence-corrected chi connectivity index (χ0v) is 15.1. The van der Waals surface area contributed by atoms with Crippen molar-refractivity contribution in [1.82, 2.24) is 24.6 Å². The second kappa shape index (κ2) is 7.11. The fourth-order valence-corrected chi connectivity index (χ4v) is 2.75. The van der Waals surface area contributed by atoms with Gasteiger partial charge in [-0.3, -0.25) is 4.98 Å². The second-order valence-electron chi connectivity index (χ2n) is 6.55. The molecule has 3 aromatic heterocycles. The summed E-state index contributed by atoms with van der Waals surface area (Å²) < 4.78 is 15.6. The van der Waals surface area contributed by atoms with Crippen molar-refractivity contribution >= 4 is 11.6 Å². The fourth-order valence-electron chi connectivity index (χ4n) is 2.75. The molecule has 7 heteroatoms. The van der Waals surface area contributed by atoms with Gasteiger partial charge in [0.2, 0.25) is 0 Å². The van der Waals surface area contributed by atoms with Crippen LogP contribution in [0.4, 0.5) is 10.2 Å². The van der Waals surface area contributed by atoms with Crippen molar-refractivity contribution in [3.8, 4) is 11.4 Å². The first kappa shape index (κ1) is 17.1. The monoisotopic (exact) mass is 362 g/mol. The van der Waals surface area contributed by atoms with Crippen molar-refractivity contribution in [3.05, 3.63) is 71.9 Å². The number of aromatic nitrogens is 5. The van der Waals surface area contributed by atoms with Crippen molar-refractivity contribution in [2.24, 2.45) is 0 Å². The van der Waals surface area contributed by atoms with E-state index in [1.165, 1.54) is 6.07 Å². The molecule has 1 aromatic carbocycles. The SMILES string of the molecule is CC(C)c1cc(NCc2ccccc2F)n2nc(-c3cccnc3)nc2n1. The van der Waals surface area contributed by atoms with E-state index >= 15 is 0 Å². The van der Waals surface area contributed by atoms with Crippen molar-refractivity contribution in [1.29, 1.82) is 0 Å². The number of fused-ring (bicyclic) bond motifs is 1. The third kappa shape index (κ3) is 3.48. The van der Waals surface area contributed by atoms with Crippen LogP contribution in [0.25, 0.3) is 17.2 Å². The normalized spacial score (nSPS) is 11.3. The molecule has 3 heterocycles. The van der Waals surface area contributed by atoms with Gasteiger partial charge in [0.1, 0.15) is 11.6 Å². The van der Waals surface area contributed by atoms with E-state index in [1.54, 1.807) is 29.0 Å². The van der Waals surface area contributed by atoms with Crippen molar-refractivity contribution in [2.75, 3.05) is 5.32 Å². The lowest BCUT2D eigenvalue weighted by atomic mass is 10.1. The maximum atomic E-state index is 13.9. The van der Waals surface area contributed by atoms with Crippen molar-refractivity contribution in [3.63, 3.8) is 0 Å². The molecule has 27 heavy (non-hydrogen) atoms. The summed E-state index contributed by atoms with van der Waals surface area (Å²) in [6.07, 6.45) is 3.42. The van der Waals surface area contributed by atoms with Crippen LogP contribution in [-0.4, -0.2) is 24.6 Å². The van der Waals surface area contributed by atoms with Gasteiger partial charge in [0.25, 0.3) is 5.78 Å². The molecule has 1 N–H and O–H groups in total. The molecule has 4 rings (SSSR count). The van der Waals surface area contributed by atoms with Crippen LogP contribution in [-0.2, 0) is 6.54 Å². The Kier molecular flexibility index (Phi) is 4.50. The number of pyridine rings is 1. The summed E-state index contributed by atoms with van der Waals surface area (Å²) >= 11 is 0. The van der Waals surface area contributed by atoms with Crippen LogP contribution < -0.4 is 5.32 Å². The van der Waals surface area contributed by atoms with Gasteiger partial charge >= 0.3 is 0 Å². The smallest absolute Gasteiger partial charge is 0.254 e. The molecule has 6 nitrogen and oxygen atoms in total. The summed E-state index contributed by atoms with van der Waals surface area (Å²) in [4.78, 5) is 13.3. The first-order valence-electron chi connectivity index (χ1n) is 8.77. The van der Waals surface area contributed by atoms with Gasteiger partial charge in [-0.25, -0.2) is 9.37 Å². The maximum Gasteiger partial charge on any atom is 0.254 e. The molecule has 0 amide bonds. The molecule has 0 saturated heterocycles. The zero-order valence-electron chi connectivity index (χ0n) is 15.1. The number of benzene rings is 1. The molecule has 136 valence electrons. The first-order valence-corrected chi connectivity index (χ1v) is 8.77. The van der Waals surface area contributed by atoms with E-state index in [0.29, 0.717) is 23.7 Å². The molecule has 0 bridgehead atoms. The largest absolute Gasteiger partial charge is 0.366 e.